The molecule has 1 heterocycles. The van der Waals surface area contributed by atoms with Crippen LogP contribution in [0.25, 0.3) is 0 Å². The van der Waals surface area contributed by atoms with Crippen molar-refractivity contribution >= 4 is 29.9 Å². The molecule has 1 aromatic heterocycles. The molecule has 0 saturated carbocycles. The van der Waals surface area contributed by atoms with Crippen LogP contribution >= 0.6 is 24.0 Å². The molecule has 0 fully saturated rings. The smallest absolute Gasteiger partial charge is 0.311 e. The van der Waals surface area contributed by atoms with E-state index in [2.05, 4.69) is 12.6 Å². The second-order valence-corrected chi connectivity index (χ2v) is 3.66. The Morgan fingerprint density at radius 3 is 2.82 bits per heavy atom. The van der Waals surface area contributed by atoms with Gasteiger partial charge in [0.25, 0.3) is 0 Å². The summed E-state index contributed by atoms with van der Waals surface area (Å²) in [5.74, 6) is -1.25. The Hall–Kier alpha value is -0.480. The van der Waals surface area contributed by atoms with Crippen LogP contribution in [0.2, 0.25) is 0 Å². The minimum Gasteiger partial charge on any atom is -0.481 e. The van der Waals surface area contributed by atoms with E-state index in [1.807, 2.05) is 11.4 Å². The normalized spacial score (nSPS) is 12.9. The number of rotatable bonds is 2. The Kier molecular flexibility index (Phi) is 2.57. The number of carbonyl (C=O) groups is 1. The first-order valence-electron chi connectivity index (χ1n) is 3.12. The zero-order valence-electron chi connectivity index (χ0n) is 5.94. The van der Waals surface area contributed by atoms with Crippen LogP contribution in [-0.2, 0) is 4.79 Å². The van der Waals surface area contributed by atoms with E-state index in [1.54, 1.807) is 6.92 Å². The highest BCUT2D eigenvalue weighted by Crippen LogP contribution is 2.28. The quantitative estimate of drug-likeness (QED) is 0.698. The van der Waals surface area contributed by atoms with E-state index in [0.717, 1.165) is 9.77 Å². The van der Waals surface area contributed by atoms with Gasteiger partial charge in [0.2, 0.25) is 0 Å². The zero-order valence-corrected chi connectivity index (χ0v) is 7.65. The van der Waals surface area contributed by atoms with Gasteiger partial charge in [0.1, 0.15) is 0 Å². The van der Waals surface area contributed by atoms with E-state index < -0.39 is 11.9 Å². The topological polar surface area (TPSA) is 37.3 Å². The Labute approximate surface area is 74.3 Å². The summed E-state index contributed by atoms with van der Waals surface area (Å²) in [6.45, 7) is 1.66. The fraction of sp³-hybridized carbons (Fsp3) is 0.286. The molecule has 11 heavy (non-hydrogen) atoms. The van der Waals surface area contributed by atoms with E-state index in [4.69, 9.17) is 5.11 Å². The third kappa shape index (κ3) is 1.75. The summed E-state index contributed by atoms with van der Waals surface area (Å²) in [5, 5.41) is 10.5. The first-order valence-corrected chi connectivity index (χ1v) is 4.44. The molecule has 0 saturated heterocycles. The van der Waals surface area contributed by atoms with Crippen molar-refractivity contribution in [3.05, 3.63) is 16.3 Å². The van der Waals surface area contributed by atoms with Crippen LogP contribution in [0.5, 0.6) is 0 Å². The lowest BCUT2D eigenvalue weighted by molar-refractivity contribution is -0.138. The molecule has 1 rings (SSSR count). The third-order valence-electron chi connectivity index (χ3n) is 1.44. The number of hydrogen-bond acceptors (Lipinski definition) is 3. The molecular formula is C7H8O2S2. The average molecular weight is 188 g/mol. The van der Waals surface area contributed by atoms with Gasteiger partial charge in [-0.1, -0.05) is 0 Å². The van der Waals surface area contributed by atoms with Crippen molar-refractivity contribution in [2.24, 2.45) is 0 Å². The summed E-state index contributed by atoms with van der Waals surface area (Å²) < 4.78 is 0. The first-order chi connectivity index (χ1) is 5.13. The zero-order chi connectivity index (χ0) is 8.43. The Bertz CT molecular complexity index is 267. The second-order valence-electron chi connectivity index (χ2n) is 2.23. The summed E-state index contributed by atoms with van der Waals surface area (Å²) in [7, 11) is 0. The van der Waals surface area contributed by atoms with Crippen LogP contribution in [0.15, 0.2) is 16.3 Å². The van der Waals surface area contributed by atoms with Gasteiger partial charge in [-0.2, -0.15) is 0 Å². The van der Waals surface area contributed by atoms with E-state index in [0.29, 0.717) is 0 Å². The summed E-state index contributed by atoms with van der Waals surface area (Å²) in [5.41, 5.74) is 0. The fourth-order valence-corrected chi connectivity index (χ4v) is 2.12. The largest absolute Gasteiger partial charge is 0.481 e. The standard InChI is InChI=1S/C7H8O2S2/c1-4(7(8)9)6-5(10)2-3-11-6/h2-4,10H,1H3,(H,8,9). The molecule has 0 aliphatic rings. The van der Waals surface area contributed by atoms with Crippen LogP contribution in [0.4, 0.5) is 0 Å². The number of thiophene rings is 1. The maximum absolute atomic E-state index is 10.5. The molecule has 0 radical (unpaired) electrons. The maximum Gasteiger partial charge on any atom is 0.311 e. The number of hydrogen-bond donors (Lipinski definition) is 2. The third-order valence-corrected chi connectivity index (χ3v) is 3.08. The first kappa shape index (κ1) is 8.62. The summed E-state index contributed by atoms with van der Waals surface area (Å²) >= 11 is 5.56. The average Bonchev–Trinajstić information content (AvgIpc) is 2.33. The summed E-state index contributed by atoms with van der Waals surface area (Å²) in [4.78, 5) is 12.1. The molecule has 0 amide bonds. The van der Waals surface area contributed by atoms with Gasteiger partial charge in [0.15, 0.2) is 0 Å². The number of aliphatic carboxylic acids is 1. The molecule has 0 spiro atoms. The Morgan fingerprint density at radius 1 is 1.82 bits per heavy atom. The Morgan fingerprint density at radius 2 is 2.45 bits per heavy atom. The lowest BCUT2D eigenvalue weighted by Crippen LogP contribution is -2.05. The highest BCUT2D eigenvalue weighted by Gasteiger charge is 2.16. The van der Waals surface area contributed by atoms with Crippen molar-refractivity contribution in [2.75, 3.05) is 0 Å². The molecule has 4 heteroatoms. The maximum atomic E-state index is 10.5. The summed E-state index contributed by atoms with van der Waals surface area (Å²) in [6, 6.07) is 1.81. The molecule has 0 aliphatic heterocycles. The van der Waals surface area contributed by atoms with Crippen molar-refractivity contribution in [3.8, 4) is 0 Å². The number of carboxylic acids is 1. The van der Waals surface area contributed by atoms with Crippen LogP contribution in [0.3, 0.4) is 0 Å². The molecule has 0 aromatic carbocycles. The minimum atomic E-state index is -0.803. The lowest BCUT2D eigenvalue weighted by atomic mass is 10.1. The van der Waals surface area contributed by atoms with E-state index >= 15 is 0 Å². The van der Waals surface area contributed by atoms with E-state index in [1.165, 1.54) is 11.3 Å². The van der Waals surface area contributed by atoms with Gasteiger partial charge < -0.3 is 5.11 Å². The van der Waals surface area contributed by atoms with E-state index in [-0.39, 0.29) is 0 Å². The second kappa shape index (κ2) is 3.28. The van der Waals surface area contributed by atoms with Gasteiger partial charge in [0, 0.05) is 9.77 Å². The molecule has 2 nitrogen and oxygen atoms in total. The highest BCUT2D eigenvalue weighted by molar-refractivity contribution is 7.80. The minimum absolute atomic E-state index is 0.442. The SMILES string of the molecule is CC(C(=O)O)c1sccc1S. The molecule has 1 aromatic rings. The van der Waals surface area contributed by atoms with Crippen LogP contribution in [0, 0.1) is 0 Å². The van der Waals surface area contributed by atoms with Crippen LogP contribution in [0.1, 0.15) is 17.7 Å². The van der Waals surface area contributed by atoms with Crippen molar-refractivity contribution < 1.29 is 9.90 Å². The van der Waals surface area contributed by atoms with Crippen molar-refractivity contribution in [1.82, 2.24) is 0 Å². The number of carboxylic acid groups (broad SMARTS) is 1. The van der Waals surface area contributed by atoms with Gasteiger partial charge in [-0.25, -0.2) is 0 Å². The number of thiol groups is 1. The Balaban J connectivity index is 2.92. The molecule has 1 atom stereocenters. The molecule has 0 bridgehead atoms. The van der Waals surface area contributed by atoms with Crippen LogP contribution < -0.4 is 0 Å². The van der Waals surface area contributed by atoms with Crippen molar-refractivity contribution in [1.29, 1.82) is 0 Å². The predicted octanol–water partition coefficient (Wildman–Crippen LogP) is 2.22. The highest BCUT2D eigenvalue weighted by atomic mass is 32.1. The lowest BCUT2D eigenvalue weighted by Gasteiger charge is -2.02. The van der Waals surface area contributed by atoms with Gasteiger partial charge in [-0.3, -0.25) is 4.79 Å². The van der Waals surface area contributed by atoms with Gasteiger partial charge in [-0.15, -0.1) is 24.0 Å². The van der Waals surface area contributed by atoms with Crippen molar-refractivity contribution in [2.45, 2.75) is 17.7 Å². The van der Waals surface area contributed by atoms with Gasteiger partial charge in [-0.05, 0) is 18.4 Å². The molecule has 1 unspecified atom stereocenters. The van der Waals surface area contributed by atoms with Crippen molar-refractivity contribution in [3.63, 3.8) is 0 Å². The summed E-state index contributed by atoms with van der Waals surface area (Å²) in [6.07, 6.45) is 0. The van der Waals surface area contributed by atoms with Gasteiger partial charge >= 0.3 is 5.97 Å². The molecular weight excluding hydrogens is 180 g/mol. The fourth-order valence-electron chi connectivity index (χ4n) is 0.750. The molecule has 1 N–H and O–H groups in total. The molecule has 0 aliphatic carbocycles. The van der Waals surface area contributed by atoms with E-state index in [9.17, 15) is 4.79 Å². The monoisotopic (exact) mass is 188 g/mol. The van der Waals surface area contributed by atoms with Crippen LogP contribution in [-0.4, -0.2) is 11.1 Å². The predicted molar refractivity (Wildman–Crippen MR) is 47.6 cm³/mol. The van der Waals surface area contributed by atoms with Gasteiger partial charge in [0.05, 0.1) is 5.92 Å². The molecule has 60 valence electrons.